The maximum Gasteiger partial charge on any atom is 0.182 e. The molecule has 0 bridgehead atoms. The topological polar surface area (TPSA) is 0 Å². The van der Waals surface area contributed by atoms with Gasteiger partial charge in [-0.3, -0.25) is 0 Å². The highest BCUT2D eigenvalue weighted by Gasteiger charge is 2.54. The molecule has 0 nitrogen and oxygen atoms in total. The minimum atomic E-state index is -2.43. The van der Waals surface area contributed by atoms with Crippen LogP contribution in [-0.4, -0.2) is 8.07 Å². The van der Waals surface area contributed by atoms with Gasteiger partial charge in [-0.1, -0.05) is 121 Å². The summed E-state index contributed by atoms with van der Waals surface area (Å²) >= 11 is 0. The van der Waals surface area contributed by atoms with E-state index < -0.39 is 8.07 Å². The van der Waals surface area contributed by atoms with E-state index in [2.05, 4.69) is 121 Å². The summed E-state index contributed by atoms with van der Waals surface area (Å²) in [4.78, 5) is 0. The number of hydrogen-bond acceptors (Lipinski definition) is 0. The zero-order chi connectivity index (χ0) is 21.6. The van der Waals surface area contributed by atoms with Gasteiger partial charge in [0, 0.05) is 0 Å². The molecule has 6 aromatic rings. The molecule has 2 heterocycles. The zero-order valence-corrected chi connectivity index (χ0v) is 19.0. The van der Waals surface area contributed by atoms with Gasteiger partial charge >= 0.3 is 0 Å². The Balaban J connectivity index is 1.72. The molecule has 0 atom stereocenters. The van der Waals surface area contributed by atoms with Gasteiger partial charge in [0.1, 0.15) is 0 Å². The summed E-state index contributed by atoms with van der Waals surface area (Å²) in [6, 6.07) is 45.7. The Morgan fingerprint density at radius 1 is 0.333 bits per heavy atom. The maximum absolute atomic E-state index is 2.43. The third kappa shape index (κ3) is 1.94. The number of hydrogen-bond donors (Lipinski definition) is 0. The highest BCUT2D eigenvalue weighted by atomic mass is 28.3. The van der Waals surface area contributed by atoms with Gasteiger partial charge in [0.05, 0.1) is 0 Å². The smallest absolute Gasteiger partial charge is 0.0623 e. The normalized spacial score (nSPS) is 14.3. The Morgan fingerprint density at radius 3 is 1.33 bits per heavy atom. The minimum absolute atomic E-state index is 1.35. The van der Waals surface area contributed by atoms with E-state index in [-0.39, 0.29) is 0 Å². The summed E-state index contributed by atoms with van der Waals surface area (Å²) in [7, 11) is -2.43. The van der Waals surface area contributed by atoms with Crippen LogP contribution in [0.3, 0.4) is 0 Å². The first kappa shape index (κ1) is 17.6. The minimum Gasteiger partial charge on any atom is -0.0623 e. The van der Waals surface area contributed by atoms with Crippen molar-refractivity contribution in [3.8, 4) is 22.3 Å². The van der Waals surface area contributed by atoms with E-state index in [0.29, 0.717) is 0 Å². The molecule has 0 radical (unpaired) electrons. The van der Waals surface area contributed by atoms with Gasteiger partial charge in [0.2, 0.25) is 0 Å². The van der Waals surface area contributed by atoms with E-state index in [9.17, 15) is 0 Å². The predicted molar refractivity (Wildman–Crippen MR) is 143 cm³/mol. The van der Waals surface area contributed by atoms with Crippen molar-refractivity contribution in [3.63, 3.8) is 0 Å². The molecule has 0 N–H and O–H groups in total. The van der Waals surface area contributed by atoms with E-state index in [1.807, 2.05) is 0 Å². The van der Waals surface area contributed by atoms with Crippen molar-refractivity contribution in [2.24, 2.45) is 0 Å². The highest BCUT2D eigenvalue weighted by molar-refractivity contribution is 7.25. The molecule has 1 spiro atoms. The summed E-state index contributed by atoms with van der Waals surface area (Å²) in [6.07, 6.45) is 0. The first-order chi connectivity index (χ1) is 16.4. The van der Waals surface area contributed by atoms with Crippen LogP contribution in [0.5, 0.6) is 0 Å². The van der Waals surface area contributed by atoms with Crippen molar-refractivity contribution in [2.75, 3.05) is 0 Å². The second-order valence-electron chi connectivity index (χ2n) is 9.23. The van der Waals surface area contributed by atoms with Crippen LogP contribution in [0, 0.1) is 0 Å². The lowest BCUT2D eigenvalue weighted by molar-refractivity contribution is 1.71. The molecule has 1 heteroatoms. The molecular weight excluding hydrogens is 412 g/mol. The van der Waals surface area contributed by atoms with Gasteiger partial charge in [-0.25, -0.2) is 0 Å². The van der Waals surface area contributed by atoms with Crippen molar-refractivity contribution < 1.29 is 0 Å². The molecule has 0 saturated carbocycles. The second kappa shape index (κ2) is 6.09. The molecule has 0 unspecified atom stereocenters. The van der Waals surface area contributed by atoms with E-state index in [1.54, 1.807) is 10.4 Å². The first-order valence-electron chi connectivity index (χ1n) is 11.6. The van der Waals surface area contributed by atoms with Crippen LogP contribution in [-0.2, 0) is 0 Å². The SMILES string of the molecule is c1ccc2c(c1)-c1ccccc1[Si]21c2ccccc2-c2c1c1ccccc1c1ccccc21. The van der Waals surface area contributed by atoms with E-state index in [1.165, 1.54) is 54.2 Å². The lowest BCUT2D eigenvalue weighted by Crippen LogP contribution is -2.70. The third-order valence-electron chi connectivity index (χ3n) is 7.86. The van der Waals surface area contributed by atoms with Gasteiger partial charge in [0.15, 0.2) is 8.07 Å². The average molecular weight is 433 g/mol. The monoisotopic (exact) mass is 432 g/mol. The molecule has 0 fully saturated rings. The zero-order valence-electron chi connectivity index (χ0n) is 18.0. The standard InChI is InChI=1S/C32H20Si/c1-3-15-25-21(11-1)22-12-2-4-16-26(22)32-31(25)27-17-7-10-20-30(27)33(32)28-18-8-5-13-23(28)24-14-6-9-19-29(24)33/h1-20H. The van der Waals surface area contributed by atoms with Crippen molar-refractivity contribution in [1.82, 2.24) is 0 Å². The predicted octanol–water partition coefficient (Wildman–Crippen LogP) is 5.33. The summed E-state index contributed by atoms with van der Waals surface area (Å²) in [5.41, 5.74) is 5.71. The first-order valence-corrected chi connectivity index (χ1v) is 13.6. The molecule has 152 valence electrons. The largest absolute Gasteiger partial charge is 0.182 e. The van der Waals surface area contributed by atoms with Crippen LogP contribution < -0.4 is 20.7 Å². The van der Waals surface area contributed by atoms with E-state index in [4.69, 9.17) is 0 Å². The molecule has 2 aliphatic rings. The quantitative estimate of drug-likeness (QED) is 0.224. The van der Waals surface area contributed by atoms with Crippen LogP contribution in [0.4, 0.5) is 0 Å². The molecule has 0 aromatic heterocycles. The Morgan fingerprint density at radius 2 is 0.727 bits per heavy atom. The van der Waals surface area contributed by atoms with Crippen LogP contribution in [0.15, 0.2) is 121 Å². The lowest BCUT2D eigenvalue weighted by atomic mass is 9.93. The Hall–Kier alpha value is -3.94. The van der Waals surface area contributed by atoms with E-state index in [0.717, 1.165) is 0 Å². The molecular formula is C32H20Si. The van der Waals surface area contributed by atoms with Gasteiger partial charge in [-0.2, -0.15) is 0 Å². The third-order valence-corrected chi connectivity index (χ3v) is 12.9. The summed E-state index contributed by atoms with van der Waals surface area (Å²) < 4.78 is 0. The average Bonchev–Trinajstić information content (AvgIpc) is 3.37. The summed E-state index contributed by atoms with van der Waals surface area (Å²) in [5.74, 6) is 0. The Bertz CT molecular complexity index is 1730. The Kier molecular flexibility index (Phi) is 3.25. The fraction of sp³-hybridized carbons (Fsp3) is 0. The molecule has 0 aliphatic carbocycles. The van der Waals surface area contributed by atoms with Crippen molar-refractivity contribution in [3.05, 3.63) is 121 Å². The number of benzene rings is 6. The van der Waals surface area contributed by atoms with Crippen LogP contribution in [0.25, 0.3) is 43.8 Å². The van der Waals surface area contributed by atoms with Crippen LogP contribution in [0.1, 0.15) is 0 Å². The molecule has 6 aromatic carbocycles. The second-order valence-corrected chi connectivity index (χ2v) is 12.8. The van der Waals surface area contributed by atoms with Gasteiger partial charge in [-0.05, 0) is 64.5 Å². The molecule has 8 rings (SSSR count). The van der Waals surface area contributed by atoms with E-state index >= 15 is 0 Å². The fourth-order valence-corrected chi connectivity index (χ4v) is 12.6. The number of rotatable bonds is 0. The fourth-order valence-electron chi connectivity index (χ4n) is 6.77. The van der Waals surface area contributed by atoms with Crippen LogP contribution in [0.2, 0.25) is 0 Å². The lowest BCUT2D eigenvalue weighted by Gasteiger charge is -2.29. The highest BCUT2D eigenvalue weighted by Crippen LogP contribution is 2.42. The molecule has 33 heavy (non-hydrogen) atoms. The maximum atomic E-state index is 2.42. The molecule has 0 saturated heterocycles. The Labute approximate surface area is 193 Å². The van der Waals surface area contributed by atoms with Crippen LogP contribution >= 0.6 is 0 Å². The van der Waals surface area contributed by atoms with Gasteiger partial charge < -0.3 is 0 Å². The van der Waals surface area contributed by atoms with Crippen molar-refractivity contribution in [2.45, 2.75) is 0 Å². The van der Waals surface area contributed by atoms with Gasteiger partial charge in [0.25, 0.3) is 0 Å². The molecule has 0 amide bonds. The molecule has 2 aliphatic heterocycles. The number of fused-ring (bicyclic) bond motifs is 15. The summed E-state index contributed by atoms with van der Waals surface area (Å²) in [6.45, 7) is 0. The summed E-state index contributed by atoms with van der Waals surface area (Å²) in [5, 5.41) is 11.7. The van der Waals surface area contributed by atoms with Gasteiger partial charge in [-0.15, -0.1) is 0 Å². The van der Waals surface area contributed by atoms with Crippen molar-refractivity contribution >= 4 is 50.4 Å². The van der Waals surface area contributed by atoms with Crippen molar-refractivity contribution in [1.29, 1.82) is 0 Å².